The molecule has 27 heteroatoms. The third kappa shape index (κ3) is 13.2. The van der Waals surface area contributed by atoms with Crippen LogP contribution in [0.3, 0.4) is 0 Å². The summed E-state index contributed by atoms with van der Waals surface area (Å²) in [5.41, 5.74) is 10.1. The zero-order chi connectivity index (χ0) is 64.2. The van der Waals surface area contributed by atoms with Crippen LogP contribution in [0.1, 0.15) is 123 Å². The maximum atomic E-state index is 13.6. The number of pyridine rings is 1. The van der Waals surface area contributed by atoms with E-state index in [0.717, 1.165) is 54.4 Å². The fourth-order valence-corrected chi connectivity index (χ4v) is 16.2. The molecule has 2 aromatic carbocycles. The minimum Gasteiger partial charge on any atom is -0.479 e. The number of alkyl carbamates (subject to hydrolysis) is 1. The Morgan fingerprint density at radius 1 is 0.844 bits per heavy atom. The molecule has 4 aliphatic carbocycles. The van der Waals surface area contributed by atoms with Gasteiger partial charge in [0, 0.05) is 48.7 Å². The molecule has 11 N–H and O–H groups in total. The number of nitrogens with zero attached hydrogens (tertiary/aromatic N) is 7. The lowest BCUT2D eigenvalue weighted by atomic mass is 9.39. The van der Waals surface area contributed by atoms with Crippen molar-refractivity contribution < 1.29 is 68.5 Å². The number of nitrogens with two attached hydrogens (primary N) is 1. The molecule has 90 heavy (non-hydrogen) atoms. The van der Waals surface area contributed by atoms with Gasteiger partial charge in [0.05, 0.1) is 59.3 Å². The van der Waals surface area contributed by atoms with E-state index in [1.165, 1.54) is 18.3 Å². The lowest BCUT2D eigenvalue weighted by Crippen LogP contribution is -2.64. The van der Waals surface area contributed by atoms with Gasteiger partial charge in [-0.1, -0.05) is 57.2 Å². The highest BCUT2D eigenvalue weighted by atomic mass is 32.1. The molecule has 9 atom stereocenters. The molecule has 2 aliphatic heterocycles. The number of carboxylic acid groups (broad SMARTS) is 2. The fraction of sp³-hybridized carbons (Fsp3) is 0.524. The van der Waals surface area contributed by atoms with Crippen LogP contribution in [0, 0.1) is 29.1 Å². The third-order valence-corrected chi connectivity index (χ3v) is 19.6. The Balaban J connectivity index is 0.723. The van der Waals surface area contributed by atoms with E-state index in [2.05, 4.69) is 45.1 Å². The Bertz CT molecular complexity index is 3700. The van der Waals surface area contributed by atoms with E-state index < -0.39 is 78.1 Å². The topological polar surface area (TPSA) is 370 Å². The van der Waals surface area contributed by atoms with Crippen molar-refractivity contribution in [2.45, 2.75) is 167 Å². The van der Waals surface area contributed by atoms with Crippen LogP contribution in [0.5, 0.6) is 0 Å². The zero-order valence-corrected chi connectivity index (χ0v) is 51.9. The minimum absolute atomic E-state index is 0.0326. The number of hydrogen-bond acceptors (Lipinski definition) is 19. The van der Waals surface area contributed by atoms with Gasteiger partial charge in [0.25, 0.3) is 5.91 Å². The van der Waals surface area contributed by atoms with Crippen LogP contribution in [0.2, 0.25) is 0 Å². The smallest absolute Gasteiger partial charge is 0.407 e. The van der Waals surface area contributed by atoms with Crippen molar-refractivity contribution in [3.8, 4) is 11.1 Å². The number of aliphatic hydroxyl groups is 3. The predicted octanol–water partition coefficient (Wildman–Crippen LogP) is 5.39. The largest absolute Gasteiger partial charge is 0.479 e. The van der Waals surface area contributed by atoms with Gasteiger partial charge in [-0.15, -0.1) is 0 Å². The predicted molar refractivity (Wildman–Crippen MR) is 329 cm³/mol. The number of aliphatic hydroxyl groups excluding tert-OH is 3. The number of nitrogens with one attached hydrogen (secondary N) is 4. The van der Waals surface area contributed by atoms with Crippen LogP contribution in [0.25, 0.3) is 21.3 Å². The first kappa shape index (κ1) is 63.6. The minimum atomic E-state index is -1.87. The molecule has 480 valence electrons. The monoisotopic (exact) mass is 1260 g/mol. The van der Waals surface area contributed by atoms with Gasteiger partial charge in [-0.25, -0.2) is 29.3 Å². The van der Waals surface area contributed by atoms with Gasteiger partial charge in [-0.05, 0) is 135 Å². The molecule has 6 aliphatic rings. The number of imidazole rings is 1. The Labute approximate surface area is 522 Å². The molecule has 5 fully saturated rings. The summed E-state index contributed by atoms with van der Waals surface area (Å²) in [5, 5.41) is 68.3. The molecule has 1 saturated heterocycles. The molecule has 0 spiro atoms. The van der Waals surface area contributed by atoms with Gasteiger partial charge in [0.2, 0.25) is 11.8 Å². The molecule has 6 heterocycles. The molecule has 4 aromatic heterocycles. The summed E-state index contributed by atoms with van der Waals surface area (Å²) >= 11 is 1.38. The number of aryl methyl sites for hydroxylation is 1. The summed E-state index contributed by atoms with van der Waals surface area (Å²) in [6.07, 6.45) is -0.200. The second-order valence-electron chi connectivity index (χ2n) is 26.4. The van der Waals surface area contributed by atoms with E-state index in [1.54, 1.807) is 50.6 Å². The summed E-state index contributed by atoms with van der Waals surface area (Å²) in [6.45, 7) is 13.7. The lowest BCUT2D eigenvalue weighted by molar-refractivity contribution is -0.247. The SMILES string of the molecule is Cc1c(-c2ccc(N3CCn4cnc(C(=O)Nc5nc6ccccc6s5)c4C3)nc2C(=O)O)cnn1CC12CC3(C)CC(C)(C1)CC(OCCNC(=O)OCc1ccc(NC(=O)C(C)NC(=O)C(N)C(C)C)cc1CC[C@@H]1O[C@H](C(=O)O)[C@@H](O)[C@H](O)[C@H]1O)(C3)C2. The molecule has 6 aromatic rings. The van der Waals surface area contributed by atoms with Gasteiger partial charge in [-0.2, -0.15) is 5.10 Å². The van der Waals surface area contributed by atoms with Gasteiger partial charge in [0.1, 0.15) is 36.8 Å². The second kappa shape index (κ2) is 25.0. The summed E-state index contributed by atoms with van der Waals surface area (Å²) in [4.78, 5) is 93.4. The fourth-order valence-electron chi connectivity index (χ4n) is 15.4. The number of fused-ring (bicyclic) bond motifs is 2. The molecule has 4 bridgehead atoms. The lowest BCUT2D eigenvalue weighted by Gasteiger charge is -2.69. The normalized spacial score (nSPS) is 26.6. The first-order chi connectivity index (χ1) is 42.7. The molecular weight excluding hydrogens is 1180 g/mol. The molecule has 0 radical (unpaired) electrons. The van der Waals surface area contributed by atoms with Crippen LogP contribution < -0.4 is 31.9 Å². The number of carboxylic acids is 2. The van der Waals surface area contributed by atoms with E-state index >= 15 is 0 Å². The molecule has 4 amide bonds. The number of carbonyl (C=O) groups excluding carboxylic acids is 4. The van der Waals surface area contributed by atoms with E-state index in [1.807, 2.05) is 51.4 Å². The third-order valence-electron chi connectivity index (χ3n) is 18.6. The van der Waals surface area contributed by atoms with Crippen molar-refractivity contribution in [3.05, 3.63) is 101 Å². The Morgan fingerprint density at radius 2 is 1.60 bits per heavy atom. The van der Waals surface area contributed by atoms with E-state index in [-0.39, 0.29) is 78.6 Å². The number of aromatic carboxylic acids is 1. The average molecular weight is 1260 g/mol. The number of anilines is 3. The molecule has 4 unspecified atom stereocenters. The number of thiazole rings is 1. The first-order valence-electron chi connectivity index (χ1n) is 30.4. The summed E-state index contributed by atoms with van der Waals surface area (Å²) in [5.74, 6) is -3.83. The number of hydrogen-bond donors (Lipinski definition) is 10. The summed E-state index contributed by atoms with van der Waals surface area (Å²) in [7, 11) is 0. The van der Waals surface area contributed by atoms with Crippen LogP contribution in [-0.4, -0.2) is 158 Å². The van der Waals surface area contributed by atoms with E-state index in [9.17, 15) is 54.3 Å². The number of para-hydroxylation sites is 1. The van der Waals surface area contributed by atoms with Crippen molar-refractivity contribution in [1.82, 2.24) is 39.9 Å². The highest BCUT2D eigenvalue weighted by molar-refractivity contribution is 7.22. The van der Waals surface area contributed by atoms with Crippen LogP contribution in [0.15, 0.2) is 67.1 Å². The molecule has 12 rings (SSSR count). The maximum Gasteiger partial charge on any atom is 0.407 e. The van der Waals surface area contributed by atoms with Crippen LogP contribution >= 0.6 is 11.3 Å². The van der Waals surface area contributed by atoms with Crippen LogP contribution in [0.4, 0.5) is 21.4 Å². The quantitative estimate of drug-likeness (QED) is 0.0381. The van der Waals surface area contributed by atoms with Crippen molar-refractivity contribution in [3.63, 3.8) is 0 Å². The number of carbonyl (C=O) groups is 6. The first-order valence-corrected chi connectivity index (χ1v) is 31.2. The maximum absolute atomic E-state index is 13.6. The van der Waals surface area contributed by atoms with Gasteiger partial charge in [-0.3, -0.25) is 24.4 Å². The van der Waals surface area contributed by atoms with Gasteiger partial charge in [0.15, 0.2) is 22.6 Å². The molecular formula is C63H78N12O14S. The highest BCUT2D eigenvalue weighted by Gasteiger charge is 2.66. The molecule has 4 saturated carbocycles. The second-order valence-corrected chi connectivity index (χ2v) is 27.4. The van der Waals surface area contributed by atoms with E-state index in [4.69, 9.17) is 30.0 Å². The average Bonchev–Trinajstić information content (AvgIpc) is 0.751. The Kier molecular flexibility index (Phi) is 17.7. The van der Waals surface area contributed by atoms with Crippen molar-refractivity contribution in [2.24, 2.45) is 27.9 Å². The Hall–Kier alpha value is -7.92. The van der Waals surface area contributed by atoms with Crippen molar-refractivity contribution >= 4 is 73.9 Å². The number of aromatic nitrogens is 6. The summed E-state index contributed by atoms with van der Waals surface area (Å²) in [6, 6.07) is 14.3. The standard InChI is InChI=1S/C63H78N12O14S/c1-33(2)46(64)54(80)68-34(3)53(79)69-38-13-11-37(36(21-38)12-15-43-49(76)50(77)51(78)52(89-43)57(84)85)24-87-59(86)65-17-20-88-63-28-60(5)25-61(6,29-63)27-62(26-60,30-63)31-75-35(4)40(22-67-75)39-14-16-45(71-47(39)56(82)83)73-18-19-74-32-66-48(42(74)23-73)55(81)72-58-70-41-9-7-8-10-44(41)90-58/h7-11,13-14,16,21-22,32-34,43,46,49-52,76-78H,12,15,17-20,23-31,64H2,1-6H3,(H,65,86)(H,68,80)(H,69,79)(H,82,83)(H,84,85)(H,70,72,81)/t34?,43-,46?,49-,50+,51-,52-,60?,61?,62?,63?/m0/s1. The number of rotatable bonds is 22. The van der Waals surface area contributed by atoms with Crippen molar-refractivity contribution in [2.75, 3.05) is 35.2 Å². The number of amides is 4. The Morgan fingerprint density at radius 3 is 2.32 bits per heavy atom. The number of aliphatic carboxylic acids is 1. The number of benzene rings is 2. The van der Waals surface area contributed by atoms with Crippen LogP contribution in [-0.2, 0) is 61.3 Å². The zero-order valence-electron chi connectivity index (χ0n) is 51.1. The highest BCUT2D eigenvalue weighted by Crippen LogP contribution is 2.72. The van der Waals surface area contributed by atoms with E-state index in [0.29, 0.717) is 64.2 Å². The van der Waals surface area contributed by atoms with Gasteiger partial charge >= 0.3 is 18.0 Å². The van der Waals surface area contributed by atoms with Crippen molar-refractivity contribution in [1.29, 1.82) is 0 Å². The van der Waals surface area contributed by atoms with Gasteiger partial charge < -0.3 is 70.9 Å². The summed E-state index contributed by atoms with van der Waals surface area (Å²) < 4.78 is 23.0. The molecule has 26 nitrogen and oxygen atoms in total. The number of ether oxygens (including phenoxy) is 3.